The van der Waals surface area contributed by atoms with E-state index in [-0.39, 0.29) is 0 Å². The van der Waals surface area contributed by atoms with Crippen LogP contribution in [0.15, 0.2) is 60.9 Å². The number of hydrogen-bond donors (Lipinski definition) is 0. The average Bonchev–Trinajstić information content (AvgIpc) is 2.70. The Balaban J connectivity index is 0.000000151. The number of rotatable bonds is 2. The number of benzene rings is 2. The number of halogens is 2. The summed E-state index contributed by atoms with van der Waals surface area (Å²) in [6.07, 6.45) is 2.77. The van der Waals surface area contributed by atoms with Crippen LogP contribution < -0.4 is 9.47 Å². The average molecular weight is 354 g/mol. The van der Waals surface area contributed by atoms with Gasteiger partial charge in [-0.15, -0.1) is 0 Å². The van der Waals surface area contributed by atoms with Crippen LogP contribution in [0.25, 0.3) is 21.5 Å². The van der Waals surface area contributed by atoms with Crippen molar-refractivity contribution >= 4 is 21.5 Å². The zero-order chi connectivity index (χ0) is 18.5. The number of fused-ring (bicyclic) bond motifs is 2. The van der Waals surface area contributed by atoms with E-state index in [0.717, 1.165) is 10.8 Å². The summed E-state index contributed by atoms with van der Waals surface area (Å²) >= 11 is 0. The van der Waals surface area contributed by atoms with E-state index in [9.17, 15) is 8.78 Å². The lowest BCUT2D eigenvalue weighted by atomic mass is 10.1. The van der Waals surface area contributed by atoms with Crippen LogP contribution in [-0.2, 0) is 0 Å². The first-order valence-corrected chi connectivity index (χ1v) is 7.80. The lowest BCUT2D eigenvalue weighted by Gasteiger charge is -2.04. The van der Waals surface area contributed by atoms with Gasteiger partial charge >= 0.3 is 0 Å². The Morgan fingerprint density at radius 2 is 0.962 bits per heavy atom. The highest BCUT2D eigenvalue weighted by atomic mass is 19.1. The van der Waals surface area contributed by atoms with E-state index in [1.807, 2.05) is 12.1 Å². The molecular weight excluding hydrogens is 338 g/mol. The quantitative estimate of drug-likeness (QED) is 0.487. The standard InChI is InChI=1S/2C10H8FNO/c2*1-13-9-6-12-10(11)8-5-3-2-4-7(8)9/h2*2-6H,1H3. The smallest absolute Gasteiger partial charge is 0.220 e. The maximum atomic E-state index is 13.1. The highest BCUT2D eigenvalue weighted by Crippen LogP contribution is 2.26. The fraction of sp³-hybridized carbons (Fsp3) is 0.100. The molecule has 0 amide bonds. The topological polar surface area (TPSA) is 44.2 Å². The van der Waals surface area contributed by atoms with Gasteiger partial charge in [0.2, 0.25) is 11.9 Å². The van der Waals surface area contributed by atoms with Crippen molar-refractivity contribution in [3.05, 3.63) is 72.8 Å². The first kappa shape index (κ1) is 17.5. The van der Waals surface area contributed by atoms with Gasteiger partial charge in [-0.2, -0.15) is 8.78 Å². The molecule has 0 radical (unpaired) electrons. The van der Waals surface area contributed by atoms with E-state index < -0.39 is 11.9 Å². The third kappa shape index (κ3) is 3.39. The Morgan fingerprint density at radius 1 is 0.615 bits per heavy atom. The molecule has 0 spiro atoms. The van der Waals surface area contributed by atoms with Crippen molar-refractivity contribution in [3.8, 4) is 11.5 Å². The molecule has 26 heavy (non-hydrogen) atoms. The van der Waals surface area contributed by atoms with E-state index in [1.54, 1.807) is 50.6 Å². The number of nitrogens with zero attached hydrogens (tertiary/aromatic N) is 2. The second kappa shape index (κ2) is 7.74. The van der Waals surface area contributed by atoms with Gasteiger partial charge in [-0.25, -0.2) is 9.97 Å². The van der Waals surface area contributed by atoms with E-state index in [0.29, 0.717) is 22.3 Å². The minimum absolute atomic E-state index is 0.462. The minimum Gasteiger partial charge on any atom is -0.494 e. The van der Waals surface area contributed by atoms with Crippen molar-refractivity contribution in [3.63, 3.8) is 0 Å². The number of hydrogen-bond acceptors (Lipinski definition) is 4. The van der Waals surface area contributed by atoms with E-state index in [2.05, 4.69) is 9.97 Å². The van der Waals surface area contributed by atoms with Gasteiger partial charge in [0.05, 0.1) is 26.6 Å². The van der Waals surface area contributed by atoms with Crippen molar-refractivity contribution in [1.82, 2.24) is 9.97 Å². The number of aromatic nitrogens is 2. The Morgan fingerprint density at radius 3 is 1.31 bits per heavy atom. The zero-order valence-corrected chi connectivity index (χ0v) is 14.2. The first-order valence-electron chi connectivity index (χ1n) is 7.80. The van der Waals surface area contributed by atoms with E-state index in [4.69, 9.17) is 9.47 Å². The van der Waals surface area contributed by atoms with Crippen LogP contribution in [0.5, 0.6) is 11.5 Å². The van der Waals surface area contributed by atoms with Crippen LogP contribution in [-0.4, -0.2) is 24.2 Å². The third-order valence-corrected chi connectivity index (χ3v) is 3.86. The first-order chi connectivity index (χ1) is 12.7. The predicted molar refractivity (Wildman–Crippen MR) is 96.5 cm³/mol. The Labute approximate surface area is 149 Å². The molecule has 4 rings (SSSR count). The van der Waals surface area contributed by atoms with Crippen molar-refractivity contribution in [2.75, 3.05) is 14.2 Å². The van der Waals surface area contributed by atoms with Crippen molar-refractivity contribution in [2.45, 2.75) is 0 Å². The summed E-state index contributed by atoms with van der Waals surface area (Å²) in [5.74, 6) is 0.266. The Hall–Kier alpha value is -3.28. The highest BCUT2D eigenvalue weighted by molar-refractivity contribution is 5.88. The van der Waals surface area contributed by atoms with Gasteiger partial charge in [0.25, 0.3) is 0 Å². The lowest BCUT2D eigenvalue weighted by Crippen LogP contribution is -1.90. The molecule has 0 aliphatic rings. The molecule has 4 aromatic rings. The van der Waals surface area contributed by atoms with Gasteiger partial charge in [0, 0.05) is 21.5 Å². The molecular formula is C20H16F2N2O2. The largest absolute Gasteiger partial charge is 0.494 e. The van der Waals surface area contributed by atoms with Crippen LogP contribution in [0, 0.1) is 11.9 Å². The molecule has 0 fully saturated rings. The van der Waals surface area contributed by atoms with Crippen LogP contribution in [0.4, 0.5) is 8.78 Å². The molecule has 0 aliphatic heterocycles. The van der Waals surface area contributed by atoms with Crippen molar-refractivity contribution < 1.29 is 18.3 Å². The summed E-state index contributed by atoms with van der Waals surface area (Å²) in [6.45, 7) is 0. The molecule has 0 N–H and O–H groups in total. The van der Waals surface area contributed by atoms with Gasteiger partial charge in [0.1, 0.15) is 11.5 Å². The molecule has 2 aromatic carbocycles. The molecule has 0 saturated heterocycles. The van der Waals surface area contributed by atoms with E-state index in [1.165, 1.54) is 12.4 Å². The number of methoxy groups -OCH3 is 2. The molecule has 4 nitrogen and oxygen atoms in total. The molecule has 0 unspecified atom stereocenters. The van der Waals surface area contributed by atoms with Gasteiger partial charge in [-0.3, -0.25) is 0 Å². The SMILES string of the molecule is COc1cnc(F)c2ccccc12.COc1cnc(F)c2ccccc12. The van der Waals surface area contributed by atoms with Crippen molar-refractivity contribution in [1.29, 1.82) is 0 Å². The summed E-state index contributed by atoms with van der Waals surface area (Å²) in [5, 5.41) is 2.47. The predicted octanol–water partition coefficient (Wildman–Crippen LogP) is 4.77. The molecule has 0 saturated carbocycles. The van der Waals surface area contributed by atoms with Gasteiger partial charge < -0.3 is 9.47 Å². The lowest BCUT2D eigenvalue weighted by molar-refractivity contribution is 0.416. The molecule has 6 heteroatoms. The third-order valence-electron chi connectivity index (χ3n) is 3.86. The van der Waals surface area contributed by atoms with Crippen molar-refractivity contribution in [2.24, 2.45) is 0 Å². The zero-order valence-electron chi connectivity index (χ0n) is 14.2. The van der Waals surface area contributed by atoms with Crippen LogP contribution in [0.3, 0.4) is 0 Å². The second-order valence-corrected chi connectivity index (χ2v) is 5.33. The highest BCUT2D eigenvalue weighted by Gasteiger charge is 2.06. The molecule has 0 atom stereocenters. The maximum absolute atomic E-state index is 13.1. The maximum Gasteiger partial charge on any atom is 0.220 e. The Kier molecular flexibility index (Phi) is 5.22. The molecule has 132 valence electrons. The van der Waals surface area contributed by atoms with E-state index >= 15 is 0 Å². The Bertz CT molecular complexity index is 969. The summed E-state index contributed by atoms with van der Waals surface area (Å²) in [5.41, 5.74) is 0. The van der Waals surface area contributed by atoms with Crippen LogP contribution in [0.2, 0.25) is 0 Å². The monoisotopic (exact) mass is 354 g/mol. The molecule has 0 bridgehead atoms. The molecule has 0 aliphatic carbocycles. The fourth-order valence-corrected chi connectivity index (χ4v) is 2.59. The second-order valence-electron chi connectivity index (χ2n) is 5.33. The summed E-state index contributed by atoms with van der Waals surface area (Å²) in [6, 6.07) is 14.2. The van der Waals surface area contributed by atoms with Crippen LogP contribution in [0.1, 0.15) is 0 Å². The molecule has 2 heterocycles. The minimum atomic E-state index is -0.462. The normalized spacial score (nSPS) is 10.3. The van der Waals surface area contributed by atoms with Gasteiger partial charge in [0.15, 0.2) is 0 Å². The summed E-state index contributed by atoms with van der Waals surface area (Å²) in [7, 11) is 3.09. The molecule has 2 aromatic heterocycles. The summed E-state index contributed by atoms with van der Waals surface area (Å²) in [4.78, 5) is 7.17. The summed E-state index contributed by atoms with van der Waals surface area (Å²) < 4.78 is 36.4. The van der Waals surface area contributed by atoms with Crippen LogP contribution >= 0.6 is 0 Å². The number of pyridine rings is 2. The number of ether oxygens (including phenoxy) is 2. The van der Waals surface area contributed by atoms with Gasteiger partial charge in [-0.05, 0) is 12.1 Å². The fourth-order valence-electron chi connectivity index (χ4n) is 2.59. The van der Waals surface area contributed by atoms with Gasteiger partial charge in [-0.1, -0.05) is 36.4 Å².